The highest BCUT2D eigenvalue weighted by Crippen LogP contribution is 2.33. The van der Waals surface area contributed by atoms with Gasteiger partial charge in [0.15, 0.2) is 0 Å². The molecule has 170 valence electrons. The van der Waals surface area contributed by atoms with Crippen LogP contribution in [-0.4, -0.2) is 55.2 Å². The molecule has 1 saturated carbocycles. The van der Waals surface area contributed by atoms with E-state index in [-0.39, 0.29) is 18.1 Å². The zero-order valence-electron chi connectivity index (χ0n) is 19.1. The van der Waals surface area contributed by atoms with E-state index in [4.69, 9.17) is 4.74 Å². The Balaban J connectivity index is 1.29. The van der Waals surface area contributed by atoms with Crippen molar-refractivity contribution < 1.29 is 14.3 Å². The van der Waals surface area contributed by atoms with Gasteiger partial charge in [-0.2, -0.15) is 0 Å². The summed E-state index contributed by atoms with van der Waals surface area (Å²) in [7, 11) is 0. The van der Waals surface area contributed by atoms with Gasteiger partial charge in [0.05, 0.1) is 6.10 Å². The molecule has 1 aromatic carbocycles. The quantitative estimate of drug-likeness (QED) is 0.700. The van der Waals surface area contributed by atoms with Crippen LogP contribution < -0.4 is 10.2 Å². The van der Waals surface area contributed by atoms with Gasteiger partial charge in [-0.05, 0) is 101 Å². The Morgan fingerprint density at radius 1 is 1.10 bits per heavy atom. The highest BCUT2D eigenvalue weighted by Gasteiger charge is 2.36. The molecule has 0 spiro atoms. The third-order valence-corrected chi connectivity index (χ3v) is 7.07. The van der Waals surface area contributed by atoms with E-state index in [9.17, 15) is 9.59 Å². The van der Waals surface area contributed by atoms with E-state index in [1.165, 1.54) is 11.1 Å². The zero-order chi connectivity index (χ0) is 21.8. The summed E-state index contributed by atoms with van der Waals surface area (Å²) in [5.74, 6) is 0.488. The molecule has 0 unspecified atom stereocenters. The molecule has 0 atom stereocenters. The predicted octanol–water partition coefficient (Wildman–Crippen LogP) is 3.91. The second kappa shape index (κ2) is 10.0. The minimum Gasteiger partial charge on any atom is -0.463 e. The molecular weight excluding hydrogens is 390 g/mol. The van der Waals surface area contributed by atoms with Gasteiger partial charge in [0, 0.05) is 31.2 Å². The number of ether oxygens (including phenoxy) is 1. The lowest BCUT2D eigenvalue weighted by Crippen LogP contribution is -2.41. The Morgan fingerprint density at radius 3 is 2.58 bits per heavy atom. The van der Waals surface area contributed by atoms with Crippen molar-refractivity contribution in [3.8, 4) is 0 Å². The first kappa shape index (κ1) is 22.1. The molecule has 1 aliphatic carbocycles. The fraction of sp³-hybridized carbons (Fsp3) is 0.680. The Morgan fingerprint density at radius 2 is 1.84 bits per heavy atom. The highest BCUT2D eigenvalue weighted by molar-refractivity contribution is 5.94. The lowest BCUT2D eigenvalue weighted by molar-refractivity contribution is -0.147. The second-order valence-electron chi connectivity index (χ2n) is 9.58. The number of carbonyl (C=O) groups is 2. The summed E-state index contributed by atoms with van der Waals surface area (Å²) in [5, 5.41) is 3.45. The van der Waals surface area contributed by atoms with E-state index in [1.807, 2.05) is 18.7 Å². The molecule has 2 aliphatic heterocycles. The van der Waals surface area contributed by atoms with Crippen molar-refractivity contribution in [3.63, 3.8) is 0 Å². The lowest BCUT2D eigenvalue weighted by atomic mass is 9.83. The van der Waals surface area contributed by atoms with Gasteiger partial charge in [-0.25, -0.2) is 4.79 Å². The molecule has 3 aliphatic rings. The summed E-state index contributed by atoms with van der Waals surface area (Å²) in [6.07, 6.45) is 7.74. The molecule has 2 amide bonds. The van der Waals surface area contributed by atoms with E-state index < -0.39 is 0 Å². The molecule has 6 heteroatoms. The highest BCUT2D eigenvalue weighted by atomic mass is 16.5. The van der Waals surface area contributed by atoms with Crippen molar-refractivity contribution >= 4 is 17.7 Å². The molecule has 2 heterocycles. The molecule has 6 nitrogen and oxygen atoms in total. The van der Waals surface area contributed by atoms with Crippen LogP contribution in [0.1, 0.15) is 63.5 Å². The van der Waals surface area contributed by atoms with Crippen LogP contribution in [0.2, 0.25) is 0 Å². The topological polar surface area (TPSA) is 61.9 Å². The Bertz CT molecular complexity index is 786. The summed E-state index contributed by atoms with van der Waals surface area (Å²) < 4.78 is 5.25. The largest absolute Gasteiger partial charge is 0.463 e. The van der Waals surface area contributed by atoms with E-state index in [1.54, 1.807) is 0 Å². The van der Waals surface area contributed by atoms with Gasteiger partial charge in [-0.1, -0.05) is 6.07 Å². The van der Waals surface area contributed by atoms with E-state index in [2.05, 4.69) is 28.4 Å². The molecule has 0 radical (unpaired) electrons. The molecule has 0 aromatic heterocycles. The van der Waals surface area contributed by atoms with Crippen molar-refractivity contribution in [1.29, 1.82) is 0 Å². The van der Waals surface area contributed by atoms with Gasteiger partial charge in [-0.3, -0.25) is 9.69 Å². The summed E-state index contributed by atoms with van der Waals surface area (Å²) in [6, 6.07) is 7.07. The van der Waals surface area contributed by atoms with Crippen molar-refractivity contribution in [3.05, 3.63) is 29.3 Å². The van der Waals surface area contributed by atoms with Crippen LogP contribution in [-0.2, 0) is 22.4 Å². The van der Waals surface area contributed by atoms with Crippen LogP contribution in [0.3, 0.4) is 0 Å². The average molecular weight is 428 g/mol. The smallest absolute Gasteiger partial charge is 0.324 e. The molecule has 1 saturated heterocycles. The second-order valence-corrected chi connectivity index (χ2v) is 9.58. The Labute approximate surface area is 186 Å². The number of nitrogens with zero attached hydrogens (tertiary/aromatic N) is 2. The van der Waals surface area contributed by atoms with Crippen molar-refractivity contribution in [2.75, 3.05) is 31.1 Å². The fourth-order valence-electron chi connectivity index (χ4n) is 5.35. The number of nitrogens with one attached hydrogen (secondary N) is 1. The van der Waals surface area contributed by atoms with Crippen LogP contribution in [0.5, 0.6) is 0 Å². The third kappa shape index (κ3) is 5.40. The number of hydrogen-bond donors (Lipinski definition) is 1. The fourth-order valence-corrected chi connectivity index (χ4v) is 5.35. The maximum atomic E-state index is 13.2. The van der Waals surface area contributed by atoms with Crippen molar-refractivity contribution in [2.45, 2.75) is 77.4 Å². The number of hydrogen-bond acceptors (Lipinski definition) is 4. The zero-order valence-corrected chi connectivity index (χ0v) is 19.1. The molecular formula is C25H37N3O3. The maximum absolute atomic E-state index is 13.2. The van der Waals surface area contributed by atoms with Gasteiger partial charge < -0.3 is 15.0 Å². The van der Waals surface area contributed by atoms with Gasteiger partial charge in [0.25, 0.3) is 0 Å². The minimum atomic E-state index is -0.0842. The number of fused-ring (bicyclic) bond motifs is 1. The Kier molecular flexibility index (Phi) is 7.16. The van der Waals surface area contributed by atoms with Gasteiger partial charge >= 0.3 is 12.0 Å². The molecule has 1 N–H and O–H groups in total. The molecule has 4 rings (SSSR count). The van der Waals surface area contributed by atoms with Crippen LogP contribution in [0, 0.1) is 5.92 Å². The average Bonchev–Trinajstić information content (AvgIpc) is 2.98. The SMILES string of the molecule is CC(C)OC(=O)CCC1CCC(N2CCN(c3ccc4c(c3)CCNCC4)C2=O)CC1. The van der Waals surface area contributed by atoms with Crippen molar-refractivity contribution in [1.82, 2.24) is 10.2 Å². The first-order chi connectivity index (χ1) is 15.0. The number of amides is 2. The maximum Gasteiger partial charge on any atom is 0.324 e. The summed E-state index contributed by atoms with van der Waals surface area (Å²) in [5.41, 5.74) is 3.84. The number of esters is 1. The summed E-state index contributed by atoms with van der Waals surface area (Å²) in [4.78, 5) is 29.1. The first-order valence-corrected chi connectivity index (χ1v) is 12.1. The van der Waals surface area contributed by atoms with Crippen molar-refractivity contribution in [2.24, 2.45) is 5.92 Å². The molecule has 31 heavy (non-hydrogen) atoms. The van der Waals surface area contributed by atoms with Crippen LogP contribution >= 0.6 is 0 Å². The predicted molar refractivity (Wildman–Crippen MR) is 122 cm³/mol. The monoisotopic (exact) mass is 427 g/mol. The molecule has 0 bridgehead atoms. The third-order valence-electron chi connectivity index (χ3n) is 7.07. The summed E-state index contributed by atoms with van der Waals surface area (Å²) in [6.45, 7) is 7.41. The minimum absolute atomic E-state index is 0.0383. The number of urea groups is 1. The lowest BCUT2D eigenvalue weighted by Gasteiger charge is -2.34. The normalized spacial score (nSPS) is 24.3. The van der Waals surface area contributed by atoms with Crippen LogP contribution in [0.15, 0.2) is 18.2 Å². The Hall–Kier alpha value is -2.08. The first-order valence-electron chi connectivity index (χ1n) is 12.1. The van der Waals surface area contributed by atoms with Gasteiger partial charge in [0.2, 0.25) is 0 Å². The van der Waals surface area contributed by atoms with E-state index >= 15 is 0 Å². The number of anilines is 1. The number of rotatable bonds is 6. The number of benzene rings is 1. The van der Waals surface area contributed by atoms with E-state index in [0.717, 1.165) is 76.8 Å². The van der Waals surface area contributed by atoms with Crippen LogP contribution in [0.4, 0.5) is 10.5 Å². The molecule has 2 fully saturated rings. The number of carbonyl (C=O) groups excluding carboxylic acids is 2. The summed E-state index contributed by atoms with van der Waals surface area (Å²) >= 11 is 0. The standard InChI is InChI=1S/C25H37N3O3/c1-18(2)31-24(29)10-5-19-3-7-22(8-4-19)27-15-16-28(25(27)30)23-9-6-20-11-13-26-14-12-21(20)17-23/h6,9,17-19,22,26H,3-5,7-8,10-16H2,1-2H3. The van der Waals surface area contributed by atoms with Gasteiger partial charge in [-0.15, -0.1) is 0 Å². The van der Waals surface area contributed by atoms with Gasteiger partial charge in [0.1, 0.15) is 0 Å². The van der Waals surface area contributed by atoms with Crippen LogP contribution in [0.25, 0.3) is 0 Å². The molecule has 1 aromatic rings. The van der Waals surface area contributed by atoms with E-state index in [0.29, 0.717) is 18.4 Å².